The first-order valence-corrected chi connectivity index (χ1v) is 7.35. The quantitative estimate of drug-likeness (QED) is 0.908. The summed E-state index contributed by atoms with van der Waals surface area (Å²) in [6.07, 6.45) is 2.49. The van der Waals surface area contributed by atoms with Gasteiger partial charge in [-0.1, -0.05) is 39.7 Å². The third-order valence-electron chi connectivity index (χ3n) is 3.13. The third-order valence-corrected chi connectivity index (χ3v) is 3.85. The lowest BCUT2D eigenvalue weighted by molar-refractivity contribution is 0.559. The van der Waals surface area contributed by atoms with Gasteiger partial charge in [-0.2, -0.15) is 0 Å². The van der Waals surface area contributed by atoms with Gasteiger partial charge in [-0.15, -0.1) is 0 Å². The summed E-state index contributed by atoms with van der Waals surface area (Å²) in [5.41, 5.74) is 8.36. The van der Waals surface area contributed by atoms with E-state index in [4.69, 9.17) is 17.3 Å². The van der Waals surface area contributed by atoms with Crippen LogP contribution in [0.2, 0.25) is 5.02 Å². The molecule has 4 heteroatoms. The molecule has 2 N–H and O–H groups in total. The Bertz CT molecular complexity index is 540. The molecule has 1 aromatic carbocycles. The number of hydrogen-bond donors (Lipinski definition) is 1. The Balaban J connectivity index is 2.23. The van der Waals surface area contributed by atoms with Gasteiger partial charge < -0.3 is 5.73 Å². The van der Waals surface area contributed by atoms with Crippen molar-refractivity contribution >= 4 is 27.5 Å². The fraction of sp³-hybridized carbons (Fsp3) is 0.267. The molecule has 2 atom stereocenters. The van der Waals surface area contributed by atoms with E-state index in [1.54, 1.807) is 6.20 Å². The molecule has 1 aromatic heterocycles. The first kappa shape index (κ1) is 14.5. The predicted molar refractivity (Wildman–Crippen MR) is 83.5 cm³/mol. The maximum atomic E-state index is 6.13. The summed E-state index contributed by atoms with van der Waals surface area (Å²) in [7, 11) is 0. The molecule has 2 unspecified atom stereocenters. The highest BCUT2D eigenvalue weighted by Gasteiger charge is 2.17. The van der Waals surface area contributed by atoms with Crippen molar-refractivity contribution in [3.8, 4) is 0 Å². The van der Waals surface area contributed by atoms with Crippen molar-refractivity contribution < 1.29 is 0 Å². The van der Waals surface area contributed by atoms with Crippen molar-refractivity contribution in [2.75, 3.05) is 0 Å². The van der Waals surface area contributed by atoms with E-state index < -0.39 is 0 Å². The second-order valence-corrected chi connectivity index (χ2v) is 6.04. The summed E-state index contributed by atoms with van der Waals surface area (Å²) in [6.45, 7) is 2.03. The largest absolute Gasteiger partial charge is 0.327 e. The molecule has 0 aliphatic rings. The Labute approximate surface area is 127 Å². The molecule has 0 saturated carbocycles. The molecule has 2 rings (SSSR count). The van der Waals surface area contributed by atoms with Crippen LogP contribution in [0.4, 0.5) is 0 Å². The van der Waals surface area contributed by atoms with Gasteiger partial charge in [0.1, 0.15) is 0 Å². The maximum absolute atomic E-state index is 6.13. The molecular formula is C15H16BrClN2. The lowest BCUT2D eigenvalue weighted by Gasteiger charge is -2.21. The average molecular weight is 340 g/mol. The van der Waals surface area contributed by atoms with Gasteiger partial charge in [-0.3, -0.25) is 4.98 Å². The monoisotopic (exact) mass is 338 g/mol. The van der Waals surface area contributed by atoms with E-state index in [2.05, 4.69) is 33.0 Å². The van der Waals surface area contributed by atoms with E-state index in [9.17, 15) is 0 Å². The summed E-state index contributed by atoms with van der Waals surface area (Å²) in [5, 5.41) is 0.656. The first-order chi connectivity index (χ1) is 9.06. The number of pyridine rings is 1. The van der Waals surface area contributed by atoms with Crippen molar-refractivity contribution in [2.45, 2.75) is 25.3 Å². The molecule has 2 nitrogen and oxygen atoms in total. The molecular weight excluding hydrogens is 324 g/mol. The molecule has 2 aromatic rings. The molecule has 0 aliphatic carbocycles. The van der Waals surface area contributed by atoms with E-state index in [1.807, 2.05) is 31.2 Å². The van der Waals surface area contributed by atoms with Crippen molar-refractivity contribution in [3.63, 3.8) is 0 Å². The summed E-state index contributed by atoms with van der Waals surface area (Å²) in [4.78, 5) is 4.35. The van der Waals surface area contributed by atoms with E-state index in [0.29, 0.717) is 5.02 Å². The van der Waals surface area contributed by atoms with Gasteiger partial charge in [-0.25, -0.2) is 0 Å². The van der Waals surface area contributed by atoms with Crippen LogP contribution in [-0.2, 0) is 6.42 Å². The zero-order chi connectivity index (χ0) is 13.8. The fourth-order valence-corrected chi connectivity index (χ4v) is 2.63. The minimum atomic E-state index is 0.0618. The van der Waals surface area contributed by atoms with Gasteiger partial charge in [0, 0.05) is 28.3 Å². The summed E-state index contributed by atoms with van der Waals surface area (Å²) >= 11 is 9.36. The highest BCUT2D eigenvalue weighted by molar-refractivity contribution is 9.10. The molecule has 19 heavy (non-hydrogen) atoms. The normalized spacial score (nSPS) is 14.1. The van der Waals surface area contributed by atoms with Crippen LogP contribution < -0.4 is 5.73 Å². The molecule has 0 fully saturated rings. The highest BCUT2D eigenvalue weighted by atomic mass is 79.9. The van der Waals surface area contributed by atoms with E-state index in [1.165, 1.54) is 5.56 Å². The van der Waals surface area contributed by atoms with Gasteiger partial charge in [0.25, 0.3) is 0 Å². The maximum Gasteiger partial charge on any atom is 0.0589 e. The Morgan fingerprint density at radius 1 is 1.32 bits per heavy atom. The lowest BCUT2D eigenvalue weighted by atomic mass is 9.88. The topological polar surface area (TPSA) is 38.9 Å². The van der Waals surface area contributed by atoms with Gasteiger partial charge in [0.05, 0.1) is 5.02 Å². The first-order valence-electron chi connectivity index (χ1n) is 6.17. The van der Waals surface area contributed by atoms with Crippen LogP contribution in [0.25, 0.3) is 0 Å². The van der Waals surface area contributed by atoms with Crippen LogP contribution in [-0.4, -0.2) is 11.0 Å². The summed E-state index contributed by atoms with van der Waals surface area (Å²) < 4.78 is 1.07. The average Bonchev–Trinajstić information content (AvgIpc) is 2.37. The van der Waals surface area contributed by atoms with E-state index in [-0.39, 0.29) is 12.0 Å². The number of aromatic nitrogens is 1. The Morgan fingerprint density at radius 3 is 2.68 bits per heavy atom. The standard InChI is InChI=1S/C15H16BrClN2/c1-10(18)15(11-3-2-4-12(16)7-11)8-14-6-5-13(17)9-19-14/h2-7,9-10,15H,8,18H2,1H3. The molecule has 0 amide bonds. The molecule has 1 heterocycles. The van der Waals surface area contributed by atoms with E-state index >= 15 is 0 Å². The van der Waals surface area contributed by atoms with Crippen LogP contribution in [0, 0.1) is 0 Å². The van der Waals surface area contributed by atoms with E-state index in [0.717, 1.165) is 16.6 Å². The van der Waals surface area contributed by atoms with Crippen LogP contribution in [0.1, 0.15) is 24.1 Å². The molecule has 100 valence electrons. The van der Waals surface area contributed by atoms with Crippen molar-refractivity contribution in [1.82, 2.24) is 4.98 Å². The van der Waals surface area contributed by atoms with Gasteiger partial charge in [-0.05, 0) is 43.2 Å². The smallest absolute Gasteiger partial charge is 0.0589 e. The molecule has 0 bridgehead atoms. The number of hydrogen-bond acceptors (Lipinski definition) is 2. The zero-order valence-electron chi connectivity index (χ0n) is 10.7. The Morgan fingerprint density at radius 2 is 2.11 bits per heavy atom. The zero-order valence-corrected chi connectivity index (χ0v) is 13.0. The van der Waals surface area contributed by atoms with Crippen LogP contribution in [0.3, 0.4) is 0 Å². The number of nitrogens with zero attached hydrogens (tertiary/aromatic N) is 1. The number of nitrogens with two attached hydrogens (primary N) is 1. The minimum absolute atomic E-state index is 0.0618. The number of rotatable bonds is 4. The van der Waals surface area contributed by atoms with Crippen LogP contribution in [0.15, 0.2) is 47.1 Å². The molecule has 0 saturated heterocycles. The third kappa shape index (κ3) is 4.03. The van der Waals surface area contributed by atoms with Gasteiger partial charge >= 0.3 is 0 Å². The van der Waals surface area contributed by atoms with Gasteiger partial charge in [0.2, 0.25) is 0 Å². The Kier molecular flexibility index (Phi) is 4.97. The predicted octanol–water partition coefficient (Wildman–Crippen LogP) is 4.17. The van der Waals surface area contributed by atoms with Crippen LogP contribution >= 0.6 is 27.5 Å². The van der Waals surface area contributed by atoms with Crippen LogP contribution in [0.5, 0.6) is 0 Å². The highest BCUT2D eigenvalue weighted by Crippen LogP contribution is 2.25. The van der Waals surface area contributed by atoms with Crippen molar-refractivity contribution in [1.29, 1.82) is 0 Å². The number of benzene rings is 1. The minimum Gasteiger partial charge on any atom is -0.327 e. The second kappa shape index (κ2) is 6.51. The number of halogens is 2. The summed E-state index contributed by atoms with van der Waals surface area (Å²) in [6, 6.07) is 12.1. The molecule has 0 spiro atoms. The molecule has 0 aliphatic heterocycles. The Hall–Kier alpha value is -0.900. The lowest BCUT2D eigenvalue weighted by Crippen LogP contribution is -2.26. The summed E-state index contributed by atoms with van der Waals surface area (Å²) in [5.74, 6) is 0.242. The second-order valence-electron chi connectivity index (χ2n) is 4.69. The SMILES string of the molecule is CC(N)C(Cc1ccc(Cl)cn1)c1cccc(Br)c1. The van der Waals surface area contributed by atoms with Crippen molar-refractivity contribution in [2.24, 2.45) is 5.73 Å². The van der Waals surface area contributed by atoms with Crippen molar-refractivity contribution in [3.05, 3.63) is 63.3 Å². The molecule has 0 radical (unpaired) electrons. The van der Waals surface area contributed by atoms with Gasteiger partial charge in [0.15, 0.2) is 0 Å². The fourth-order valence-electron chi connectivity index (χ4n) is 2.10.